The van der Waals surface area contributed by atoms with Crippen LogP contribution in [0, 0.1) is 5.41 Å². The number of rotatable bonds is 5. The normalized spacial score (nSPS) is 18.9. The van der Waals surface area contributed by atoms with Crippen molar-refractivity contribution >= 4 is 0 Å². The maximum Gasteiger partial charge on any atom is 0.162 e. The Balaban J connectivity index is 1.90. The smallest absolute Gasteiger partial charge is 0.162 e. The van der Waals surface area contributed by atoms with Gasteiger partial charge < -0.3 is 15.2 Å². The van der Waals surface area contributed by atoms with Gasteiger partial charge in [-0.25, -0.2) is 0 Å². The summed E-state index contributed by atoms with van der Waals surface area (Å²) in [5, 5.41) is 13.7. The van der Waals surface area contributed by atoms with Gasteiger partial charge in [0.2, 0.25) is 0 Å². The van der Waals surface area contributed by atoms with Crippen molar-refractivity contribution in [1.82, 2.24) is 5.32 Å². The van der Waals surface area contributed by atoms with E-state index in [2.05, 4.69) is 19.2 Å². The lowest BCUT2D eigenvalue weighted by molar-refractivity contribution is 0.205. The first-order valence-electron chi connectivity index (χ1n) is 7.69. The summed E-state index contributed by atoms with van der Waals surface area (Å²) in [5.74, 6) is 0.856. The van der Waals surface area contributed by atoms with Crippen LogP contribution >= 0.6 is 0 Å². The van der Waals surface area contributed by atoms with Crippen LogP contribution < -0.4 is 10.1 Å². The fraction of sp³-hybridized carbons (Fsp3) is 0.647. The van der Waals surface area contributed by atoms with E-state index in [1.54, 1.807) is 0 Å². The lowest BCUT2D eigenvalue weighted by atomic mass is 9.75. The molecule has 3 nitrogen and oxygen atoms in total. The van der Waals surface area contributed by atoms with Gasteiger partial charge in [0, 0.05) is 18.2 Å². The van der Waals surface area contributed by atoms with Gasteiger partial charge in [-0.1, -0.05) is 26.0 Å². The van der Waals surface area contributed by atoms with E-state index in [1.807, 2.05) is 25.1 Å². The Morgan fingerprint density at radius 2 is 2.00 bits per heavy atom. The summed E-state index contributed by atoms with van der Waals surface area (Å²) in [6.45, 7) is 7.90. The second-order valence-electron chi connectivity index (χ2n) is 6.52. The van der Waals surface area contributed by atoms with Crippen LogP contribution in [0.2, 0.25) is 0 Å². The third kappa shape index (κ3) is 3.89. The predicted octanol–water partition coefficient (Wildman–Crippen LogP) is 3.85. The van der Waals surface area contributed by atoms with Crippen LogP contribution in [-0.2, 0) is 6.54 Å². The Labute approximate surface area is 122 Å². The molecule has 0 spiro atoms. The number of benzene rings is 1. The highest BCUT2D eigenvalue weighted by molar-refractivity contribution is 5.45. The molecule has 1 aromatic rings. The van der Waals surface area contributed by atoms with E-state index >= 15 is 0 Å². The zero-order valence-corrected chi connectivity index (χ0v) is 12.9. The Morgan fingerprint density at radius 1 is 1.30 bits per heavy atom. The Bertz CT molecular complexity index is 433. The van der Waals surface area contributed by atoms with Crippen LogP contribution in [-0.4, -0.2) is 17.8 Å². The first-order chi connectivity index (χ1) is 9.52. The van der Waals surface area contributed by atoms with Crippen molar-refractivity contribution in [2.45, 2.75) is 59.0 Å². The molecule has 0 bridgehead atoms. The molecule has 1 aromatic carbocycles. The van der Waals surface area contributed by atoms with Crippen molar-refractivity contribution in [3.05, 3.63) is 23.8 Å². The number of hydrogen-bond acceptors (Lipinski definition) is 3. The number of ether oxygens (including phenoxy) is 1. The van der Waals surface area contributed by atoms with Gasteiger partial charge in [-0.05, 0) is 44.1 Å². The first kappa shape index (κ1) is 15.2. The highest BCUT2D eigenvalue weighted by atomic mass is 16.5. The average molecular weight is 277 g/mol. The van der Waals surface area contributed by atoms with E-state index in [-0.39, 0.29) is 5.75 Å². The highest BCUT2D eigenvalue weighted by Crippen LogP contribution is 2.35. The maximum atomic E-state index is 10.2. The largest absolute Gasteiger partial charge is 0.504 e. The van der Waals surface area contributed by atoms with Crippen molar-refractivity contribution in [1.29, 1.82) is 0 Å². The van der Waals surface area contributed by atoms with E-state index in [0.717, 1.165) is 5.56 Å². The van der Waals surface area contributed by atoms with E-state index in [0.29, 0.717) is 30.4 Å². The monoisotopic (exact) mass is 277 g/mol. The summed E-state index contributed by atoms with van der Waals surface area (Å²) in [6.07, 6.45) is 4.99. The van der Waals surface area contributed by atoms with Crippen LogP contribution in [0.4, 0.5) is 0 Å². The fourth-order valence-corrected chi connectivity index (χ4v) is 2.84. The van der Waals surface area contributed by atoms with Gasteiger partial charge in [0.15, 0.2) is 11.5 Å². The Kier molecular flexibility index (Phi) is 4.92. The fourth-order valence-electron chi connectivity index (χ4n) is 2.84. The average Bonchev–Trinajstić information content (AvgIpc) is 2.41. The minimum Gasteiger partial charge on any atom is -0.504 e. The molecule has 0 unspecified atom stereocenters. The lowest BCUT2D eigenvalue weighted by Crippen LogP contribution is -2.35. The lowest BCUT2D eigenvalue weighted by Gasteiger charge is -2.34. The summed E-state index contributed by atoms with van der Waals surface area (Å²) in [7, 11) is 0. The zero-order chi connectivity index (χ0) is 14.6. The van der Waals surface area contributed by atoms with Crippen LogP contribution in [0.25, 0.3) is 0 Å². The SMILES string of the molecule is CCOc1cccc(CNC2CCC(C)(C)CC2)c1O. The molecule has 20 heavy (non-hydrogen) atoms. The van der Waals surface area contributed by atoms with E-state index in [9.17, 15) is 5.11 Å². The van der Waals surface area contributed by atoms with Crippen molar-refractivity contribution < 1.29 is 9.84 Å². The second kappa shape index (κ2) is 6.49. The topological polar surface area (TPSA) is 41.5 Å². The molecule has 0 heterocycles. The molecular weight excluding hydrogens is 250 g/mol. The van der Waals surface area contributed by atoms with Gasteiger partial charge in [-0.3, -0.25) is 0 Å². The van der Waals surface area contributed by atoms with Gasteiger partial charge in [-0.2, -0.15) is 0 Å². The number of phenolic OH excluding ortho intramolecular Hbond substituents is 1. The summed E-state index contributed by atoms with van der Waals surface area (Å²) >= 11 is 0. The minimum atomic E-state index is 0.276. The third-order valence-corrected chi connectivity index (χ3v) is 4.30. The van der Waals surface area contributed by atoms with Crippen molar-refractivity contribution in [2.24, 2.45) is 5.41 Å². The zero-order valence-electron chi connectivity index (χ0n) is 12.9. The standard InChI is InChI=1S/C17H27NO2/c1-4-20-15-7-5-6-13(16(15)19)12-18-14-8-10-17(2,3)11-9-14/h5-7,14,18-19H,4,8-12H2,1-3H3. The Hall–Kier alpha value is -1.22. The van der Waals surface area contributed by atoms with E-state index in [1.165, 1.54) is 25.7 Å². The van der Waals surface area contributed by atoms with Crippen molar-refractivity contribution in [3.8, 4) is 11.5 Å². The molecule has 0 saturated heterocycles. The molecule has 0 amide bonds. The molecule has 2 rings (SSSR count). The van der Waals surface area contributed by atoms with Crippen LogP contribution in [0.3, 0.4) is 0 Å². The van der Waals surface area contributed by atoms with Crippen molar-refractivity contribution in [3.63, 3.8) is 0 Å². The molecule has 1 fully saturated rings. The molecule has 0 radical (unpaired) electrons. The van der Waals surface area contributed by atoms with Gasteiger partial charge in [0.05, 0.1) is 6.61 Å². The summed E-state index contributed by atoms with van der Waals surface area (Å²) in [6, 6.07) is 6.27. The molecule has 3 heteroatoms. The van der Waals surface area contributed by atoms with Gasteiger partial charge in [-0.15, -0.1) is 0 Å². The molecule has 1 saturated carbocycles. The maximum absolute atomic E-state index is 10.2. The van der Waals surface area contributed by atoms with Crippen LogP contribution in [0.15, 0.2) is 18.2 Å². The molecule has 1 aliphatic rings. The quantitative estimate of drug-likeness (QED) is 0.859. The van der Waals surface area contributed by atoms with Crippen LogP contribution in [0.1, 0.15) is 52.0 Å². The minimum absolute atomic E-state index is 0.276. The first-order valence-corrected chi connectivity index (χ1v) is 7.69. The van der Waals surface area contributed by atoms with E-state index < -0.39 is 0 Å². The number of para-hydroxylation sites is 1. The molecule has 2 N–H and O–H groups in total. The summed E-state index contributed by atoms with van der Waals surface area (Å²) < 4.78 is 5.42. The predicted molar refractivity (Wildman–Crippen MR) is 82.2 cm³/mol. The second-order valence-corrected chi connectivity index (χ2v) is 6.52. The molecule has 0 atom stereocenters. The highest BCUT2D eigenvalue weighted by Gasteiger charge is 2.26. The van der Waals surface area contributed by atoms with Crippen molar-refractivity contribution in [2.75, 3.05) is 6.61 Å². The summed E-state index contributed by atoms with van der Waals surface area (Å²) in [4.78, 5) is 0. The molecule has 1 aliphatic carbocycles. The van der Waals surface area contributed by atoms with Crippen LogP contribution in [0.5, 0.6) is 11.5 Å². The number of aromatic hydroxyl groups is 1. The molecule has 0 aromatic heterocycles. The number of phenols is 1. The summed E-state index contributed by atoms with van der Waals surface area (Å²) in [5.41, 5.74) is 1.41. The van der Waals surface area contributed by atoms with Gasteiger partial charge in [0.25, 0.3) is 0 Å². The van der Waals surface area contributed by atoms with E-state index in [4.69, 9.17) is 4.74 Å². The van der Waals surface area contributed by atoms with Gasteiger partial charge >= 0.3 is 0 Å². The molecule has 112 valence electrons. The number of hydrogen-bond donors (Lipinski definition) is 2. The molecule has 0 aliphatic heterocycles. The van der Waals surface area contributed by atoms with Gasteiger partial charge in [0.1, 0.15) is 0 Å². The number of nitrogens with one attached hydrogen (secondary N) is 1. The third-order valence-electron chi connectivity index (χ3n) is 4.30. The molecular formula is C17H27NO2. The Morgan fingerprint density at radius 3 is 2.65 bits per heavy atom.